The molecule has 0 bridgehead atoms. The maximum Gasteiger partial charge on any atom is -0.0351 e. The minimum absolute atomic E-state index is 1.31. The minimum Gasteiger partial charge on any atom is -0.0885 e. The van der Waals surface area contributed by atoms with Crippen LogP contribution in [0.3, 0.4) is 0 Å². The van der Waals surface area contributed by atoms with E-state index < -0.39 is 0 Å². The highest BCUT2D eigenvalue weighted by molar-refractivity contribution is 4.82. The van der Waals surface area contributed by atoms with Crippen molar-refractivity contribution < 1.29 is 0 Å². The number of allylic oxidation sites excluding steroid dienone is 4. The molecule has 0 aliphatic carbocycles. The summed E-state index contributed by atoms with van der Waals surface area (Å²) in [4.78, 5) is 0. The van der Waals surface area contributed by atoms with Crippen LogP contribution in [0.25, 0.3) is 0 Å². The van der Waals surface area contributed by atoms with Gasteiger partial charge in [0.1, 0.15) is 0 Å². The summed E-state index contributed by atoms with van der Waals surface area (Å²) < 4.78 is 0. The van der Waals surface area contributed by atoms with Crippen LogP contribution in [0.2, 0.25) is 0 Å². The maximum atomic E-state index is 2.45. The molecule has 0 aliphatic rings. The van der Waals surface area contributed by atoms with Gasteiger partial charge in [0.15, 0.2) is 0 Å². The zero-order valence-electron chi connectivity index (χ0n) is 26.2. The molecule has 0 aromatic heterocycles. The molecule has 0 saturated heterocycles. The van der Waals surface area contributed by atoms with Crippen molar-refractivity contribution in [2.45, 2.75) is 213 Å². The molecule has 0 aromatic carbocycles. The SMILES string of the molecule is CCCCCCCC/C=C\CCCCCCCCCCCCCCCCC/C=C\CCCCCCCC. The molecule has 0 aliphatic heterocycles. The Morgan fingerprint density at radius 1 is 0.216 bits per heavy atom. The van der Waals surface area contributed by atoms with Gasteiger partial charge in [0, 0.05) is 0 Å². The molecule has 0 unspecified atom stereocenters. The molecule has 0 radical (unpaired) electrons. The lowest BCUT2D eigenvalue weighted by atomic mass is 10.0. The maximum absolute atomic E-state index is 2.45. The van der Waals surface area contributed by atoms with Gasteiger partial charge in [0.25, 0.3) is 0 Å². The van der Waals surface area contributed by atoms with Gasteiger partial charge in [-0.3, -0.25) is 0 Å². The summed E-state index contributed by atoms with van der Waals surface area (Å²) in [6, 6.07) is 0. The summed E-state index contributed by atoms with van der Waals surface area (Å²) >= 11 is 0. The van der Waals surface area contributed by atoms with Crippen LogP contribution >= 0.6 is 0 Å². The largest absolute Gasteiger partial charge is 0.0885 e. The number of unbranched alkanes of at least 4 members (excludes halogenated alkanes) is 28. The zero-order valence-corrected chi connectivity index (χ0v) is 26.2. The lowest BCUT2D eigenvalue weighted by Crippen LogP contribution is -1.83. The second-order valence-corrected chi connectivity index (χ2v) is 11.9. The fourth-order valence-corrected chi connectivity index (χ4v) is 5.38. The zero-order chi connectivity index (χ0) is 26.7. The average Bonchev–Trinajstić information content (AvgIpc) is 2.91. The van der Waals surface area contributed by atoms with Crippen molar-refractivity contribution in [2.24, 2.45) is 0 Å². The van der Waals surface area contributed by atoms with Crippen molar-refractivity contribution >= 4 is 0 Å². The van der Waals surface area contributed by atoms with E-state index in [1.54, 1.807) is 0 Å². The highest BCUT2D eigenvalue weighted by atomic mass is 14.0. The number of hydrogen-bond donors (Lipinski definition) is 0. The van der Waals surface area contributed by atoms with Crippen LogP contribution in [-0.4, -0.2) is 0 Å². The van der Waals surface area contributed by atoms with Gasteiger partial charge in [-0.25, -0.2) is 0 Å². The van der Waals surface area contributed by atoms with Crippen molar-refractivity contribution in [3.63, 3.8) is 0 Å². The molecule has 0 aromatic rings. The molecular formula is C37H72. The Balaban J connectivity index is 3.09. The van der Waals surface area contributed by atoms with Crippen LogP contribution < -0.4 is 0 Å². The second kappa shape index (κ2) is 35.5. The standard InChI is InChI=1S/C37H72/c1-3-5-7-9-11-13-15-17-19-21-23-25-27-29-31-33-35-37-36-34-32-30-28-26-24-22-20-18-16-14-12-10-8-6-4-2/h17-20H,3-16,21-37H2,1-2H3/b19-17-,20-18-. The smallest absolute Gasteiger partial charge is 0.0351 e. The molecule has 0 fully saturated rings. The Hall–Kier alpha value is -0.520. The molecule has 0 saturated carbocycles. The van der Waals surface area contributed by atoms with Gasteiger partial charge >= 0.3 is 0 Å². The summed E-state index contributed by atoms with van der Waals surface area (Å²) in [6.07, 6.45) is 53.9. The molecule has 0 nitrogen and oxygen atoms in total. The molecule has 37 heavy (non-hydrogen) atoms. The average molecular weight is 517 g/mol. The first kappa shape index (κ1) is 36.5. The van der Waals surface area contributed by atoms with Crippen LogP contribution in [0.4, 0.5) is 0 Å². The van der Waals surface area contributed by atoms with Crippen LogP contribution in [-0.2, 0) is 0 Å². The van der Waals surface area contributed by atoms with E-state index in [1.807, 2.05) is 0 Å². The van der Waals surface area contributed by atoms with E-state index in [2.05, 4.69) is 38.2 Å². The minimum atomic E-state index is 1.31. The van der Waals surface area contributed by atoms with Crippen LogP contribution in [0.5, 0.6) is 0 Å². The molecule has 0 atom stereocenters. The van der Waals surface area contributed by atoms with Crippen LogP contribution in [0.1, 0.15) is 213 Å². The van der Waals surface area contributed by atoms with Crippen molar-refractivity contribution in [1.29, 1.82) is 0 Å². The van der Waals surface area contributed by atoms with E-state index in [-0.39, 0.29) is 0 Å². The summed E-state index contributed by atoms with van der Waals surface area (Å²) in [6.45, 7) is 4.59. The van der Waals surface area contributed by atoms with Gasteiger partial charge in [-0.1, -0.05) is 186 Å². The van der Waals surface area contributed by atoms with E-state index in [9.17, 15) is 0 Å². The molecular weight excluding hydrogens is 444 g/mol. The molecule has 0 rings (SSSR count). The third kappa shape index (κ3) is 35.5. The highest BCUT2D eigenvalue weighted by Crippen LogP contribution is 2.15. The first-order chi connectivity index (χ1) is 18.4. The van der Waals surface area contributed by atoms with Crippen molar-refractivity contribution in [3.05, 3.63) is 24.3 Å². The second-order valence-electron chi connectivity index (χ2n) is 11.9. The molecule has 0 heteroatoms. The Bertz CT molecular complexity index is 391. The summed E-state index contributed by atoms with van der Waals surface area (Å²) in [5, 5.41) is 0. The van der Waals surface area contributed by atoms with Gasteiger partial charge in [0.2, 0.25) is 0 Å². The van der Waals surface area contributed by atoms with Gasteiger partial charge in [-0.2, -0.15) is 0 Å². The summed E-state index contributed by atoms with van der Waals surface area (Å²) in [7, 11) is 0. The predicted octanol–water partition coefficient (Wildman–Crippen LogP) is 14.2. The molecule has 0 amide bonds. The normalized spacial score (nSPS) is 11.9. The monoisotopic (exact) mass is 517 g/mol. The fraction of sp³-hybridized carbons (Fsp3) is 0.892. The van der Waals surface area contributed by atoms with Crippen molar-refractivity contribution in [3.8, 4) is 0 Å². The van der Waals surface area contributed by atoms with Gasteiger partial charge < -0.3 is 0 Å². The molecule has 0 spiro atoms. The lowest BCUT2D eigenvalue weighted by Gasteiger charge is -2.03. The highest BCUT2D eigenvalue weighted by Gasteiger charge is 1.95. The molecule has 0 N–H and O–H groups in total. The number of rotatable bonds is 32. The number of hydrogen-bond acceptors (Lipinski definition) is 0. The first-order valence-corrected chi connectivity index (χ1v) is 17.7. The van der Waals surface area contributed by atoms with Gasteiger partial charge in [-0.15, -0.1) is 0 Å². The van der Waals surface area contributed by atoms with E-state index in [1.165, 1.54) is 199 Å². The van der Waals surface area contributed by atoms with Crippen molar-refractivity contribution in [1.82, 2.24) is 0 Å². The fourth-order valence-electron chi connectivity index (χ4n) is 5.38. The first-order valence-electron chi connectivity index (χ1n) is 17.7. The van der Waals surface area contributed by atoms with Crippen LogP contribution in [0, 0.1) is 0 Å². The van der Waals surface area contributed by atoms with Crippen molar-refractivity contribution in [2.75, 3.05) is 0 Å². The summed E-state index contributed by atoms with van der Waals surface area (Å²) in [5.74, 6) is 0. The van der Waals surface area contributed by atoms with E-state index in [4.69, 9.17) is 0 Å². The van der Waals surface area contributed by atoms with E-state index >= 15 is 0 Å². The Kier molecular flexibility index (Phi) is 35.0. The lowest BCUT2D eigenvalue weighted by molar-refractivity contribution is 0.531. The Morgan fingerprint density at radius 2 is 0.378 bits per heavy atom. The van der Waals surface area contributed by atoms with E-state index in [0.717, 1.165) is 0 Å². The third-order valence-corrected chi connectivity index (χ3v) is 8.02. The van der Waals surface area contributed by atoms with E-state index in [0.29, 0.717) is 0 Å². The predicted molar refractivity (Wildman–Crippen MR) is 173 cm³/mol. The van der Waals surface area contributed by atoms with Gasteiger partial charge in [0.05, 0.1) is 0 Å². The van der Waals surface area contributed by atoms with Crippen LogP contribution in [0.15, 0.2) is 24.3 Å². The quantitative estimate of drug-likeness (QED) is 0.0616. The molecule has 220 valence electrons. The Labute approximate surface area is 236 Å². The third-order valence-electron chi connectivity index (χ3n) is 8.02. The van der Waals surface area contributed by atoms with Gasteiger partial charge in [-0.05, 0) is 51.4 Å². The molecule has 0 heterocycles. The topological polar surface area (TPSA) is 0 Å². The Morgan fingerprint density at radius 3 is 0.568 bits per heavy atom. The summed E-state index contributed by atoms with van der Waals surface area (Å²) in [5.41, 5.74) is 0.